The van der Waals surface area contributed by atoms with Crippen LogP contribution in [0.25, 0.3) is 0 Å². The molecule has 0 aliphatic carbocycles. The minimum absolute atomic E-state index is 0.0183. The molecule has 0 atom stereocenters. The Balaban J connectivity index is 2.21. The van der Waals surface area contributed by atoms with Crippen molar-refractivity contribution in [1.29, 1.82) is 0 Å². The van der Waals surface area contributed by atoms with E-state index < -0.39 is 0 Å². The van der Waals surface area contributed by atoms with E-state index in [0.717, 1.165) is 25.9 Å². The smallest absolute Gasteiger partial charge is 0.233 e. The van der Waals surface area contributed by atoms with Gasteiger partial charge in [-0.1, -0.05) is 0 Å². The van der Waals surface area contributed by atoms with Crippen LogP contribution in [0.15, 0.2) is 0 Å². The molecule has 0 saturated carbocycles. The summed E-state index contributed by atoms with van der Waals surface area (Å²) in [6.45, 7) is 2.14. The van der Waals surface area contributed by atoms with Crippen molar-refractivity contribution < 1.29 is 9.59 Å². The molecule has 1 aliphatic rings. The first-order valence-electron chi connectivity index (χ1n) is 5.94. The van der Waals surface area contributed by atoms with E-state index in [1.165, 1.54) is 0 Å². The summed E-state index contributed by atoms with van der Waals surface area (Å²) >= 11 is 5.50. The molecule has 1 fully saturated rings. The second kappa shape index (κ2) is 7.50. The van der Waals surface area contributed by atoms with Crippen LogP contribution in [-0.2, 0) is 9.59 Å². The first kappa shape index (κ1) is 14.3. The van der Waals surface area contributed by atoms with Gasteiger partial charge in [-0.2, -0.15) is 0 Å². The topological polar surface area (TPSA) is 61.4 Å². The van der Waals surface area contributed by atoms with Crippen LogP contribution < -0.4 is 10.6 Å². The van der Waals surface area contributed by atoms with E-state index in [1.54, 1.807) is 7.05 Å². The molecule has 1 aliphatic heterocycles. The Morgan fingerprint density at radius 1 is 1.29 bits per heavy atom. The Morgan fingerprint density at radius 3 is 2.47 bits per heavy atom. The molecule has 1 heterocycles. The van der Waals surface area contributed by atoms with Gasteiger partial charge in [0.1, 0.15) is 0 Å². The molecule has 0 spiro atoms. The fourth-order valence-electron chi connectivity index (χ4n) is 1.90. The zero-order valence-electron chi connectivity index (χ0n) is 10.2. The Hall–Kier alpha value is -0.810. The Labute approximate surface area is 107 Å². The van der Waals surface area contributed by atoms with Crippen LogP contribution in [0.5, 0.6) is 0 Å². The summed E-state index contributed by atoms with van der Waals surface area (Å²) in [6, 6.07) is 0.228. The molecular formula is C11H20ClN3O2. The van der Waals surface area contributed by atoms with Gasteiger partial charge in [0.25, 0.3) is 0 Å². The number of carbonyl (C=O) groups excluding carboxylic acids is 2. The van der Waals surface area contributed by atoms with Crippen LogP contribution >= 0.6 is 11.6 Å². The van der Waals surface area contributed by atoms with Gasteiger partial charge in [-0.15, -0.1) is 11.6 Å². The zero-order chi connectivity index (χ0) is 12.7. The molecule has 0 aromatic heterocycles. The van der Waals surface area contributed by atoms with E-state index in [2.05, 4.69) is 15.5 Å². The number of rotatable bonds is 5. The van der Waals surface area contributed by atoms with Gasteiger partial charge in [0.05, 0.1) is 6.54 Å². The molecule has 2 N–H and O–H groups in total. The van der Waals surface area contributed by atoms with Gasteiger partial charge in [-0.25, -0.2) is 0 Å². The number of alkyl halides is 1. The minimum Gasteiger partial charge on any atom is -0.358 e. The van der Waals surface area contributed by atoms with Crippen molar-refractivity contribution >= 4 is 23.4 Å². The van der Waals surface area contributed by atoms with E-state index in [0.29, 0.717) is 18.8 Å². The highest BCUT2D eigenvalue weighted by molar-refractivity contribution is 6.18. The fraction of sp³-hybridized carbons (Fsp3) is 0.818. The van der Waals surface area contributed by atoms with Gasteiger partial charge in [0.15, 0.2) is 0 Å². The number of carbonyl (C=O) groups is 2. The average Bonchev–Trinajstić information content (AvgIpc) is 2.32. The van der Waals surface area contributed by atoms with E-state index in [4.69, 9.17) is 11.6 Å². The van der Waals surface area contributed by atoms with Gasteiger partial charge in [0.2, 0.25) is 11.8 Å². The molecule has 0 bridgehead atoms. The van der Waals surface area contributed by atoms with Gasteiger partial charge in [-0.3, -0.25) is 14.5 Å². The van der Waals surface area contributed by atoms with Crippen LogP contribution in [0.3, 0.4) is 0 Å². The third-order valence-corrected chi connectivity index (χ3v) is 3.11. The maximum Gasteiger partial charge on any atom is 0.233 e. The van der Waals surface area contributed by atoms with Crippen molar-refractivity contribution in [3.63, 3.8) is 0 Å². The van der Waals surface area contributed by atoms with E-state index in [-0.39, 0.29) is 17.9 Å². The minimum atomic E-state index is 0.0183. The predicted molar refractivity (Wildman–Crippen MR) is 67.0 cm³/mol. The van der Waals surface area contributed by atoms with Crippen LogP contribution in [0.1, 0.15) is 19.3 Å². The summed E-state index contributed by atoms with van der Waals surface area (Å²) in [5.41, 5.74) is 0. The third-order valence-electron chi connectivity index (χ3n) is 2.92. The third kappa shape index (κ3) is 5.37. The van der Waals surface area contributed by atoms with Crippen LogP contribution in [0.4, 0.5) is 0 Å². The first-order valence-corrected chi connectivity index (χ1v) is 6.47. The Kier molecular flexibility index (Phi) is 6.29. The molecule has 2 amide bonds. The molecular weight excluding hydrogens is 242 g/mol. The molecule has 98 valence electrons. The summed E-state index contributed by atoms with van der Waals surface area (Å²) in [5, 5.41) is 5.56. The lowest BCUT2D eigenvalue weighted by molar-refractivity contribution is -0.123. The second-order valence-corrected chi connectivity index (χ2v) is 4.61. The van der Waals surface area contributed by atoms with Gasteiger partial charge >= 0.3 is 0 Å². The van der Waals surface area contributed by atoms with Crippen molar-refractivity contribution in [2.45, 2.75) is 25.3 Å². The standard InChI is InChI=1S/C11H20ClN3O2/c1-13-11(17)8-15-6-3-9(4-7-15)14-10(16)2-5-12/h9H,2-8H2,1H3,(H,13,17)(H,14,16). The molecule has 1 rings (SSSR count). The number of hydrogen-bond acceptors (Lipinski definition) is 3. The molecule has 5 nitrogen and oxygen atoms in total. The van der Waals surface area contributed by atoms with Crippen molar-refractivity contribution in [3.05, 3.63) is 0 Å². The van der Waals surface area contributed by atoms with E-state index >= 15 is 0 Å². The molecule has 0 radical (unpaired) electrons. The lowest BCUT2D eigenvalue weighted by Crippen LogP contribution is -2.47. The van der Waals surface area contributed by atoms with Crippen molar-refractivity contribution in [3.8, 4) is 0 Å². The number of halogens is 1. The second-order valence-electron chi connectivity index (χ2n) is 4.23. The fourth-order valence-corrected chi connectivity index (χ4v) is 2.07. The number of hydrogen-bond donors (Lipinski definition) is 2. The normalized spacial score (nSPS) is 17.8. The van der Waals surface area contributed by atoms with Crippen molar-refractivity contribution in [2.24, 2.45) is 0 Å². The molecule has 0 aromatic carbocycles. The Bertz CT molecular complexity index is 265. The monoisotopic (exact) mass is 261 g/mol. The summed E-state index contributed by atoms with van der Waals surface area (Å²) in [7, 11) is 1.64. The lowest BCUT2D eigenvalue weighted by Gasteiger charge is -2.31. The van der Waals surface area contributed by atoms with Crippen molar-refractivity contribution in [2.75, 3.05) is 32.6 Å². The highest BCUT2D eigenvalue weighted by atomic mass is 35.5. The number of likely N-dealkylation sites (tertiary alicyclic amines) is 1. The lowest BCUT2D eigenvalue weighted by atomic mass is 10.0. The summed E-state index contributed by atoms with van der Waals surface area (Å²) in [6.07, 6.45) is 2.16. The van der Waals surface area contributed by atoms with Crippen LogP contribution in [0.2, 0.25) is 0 Å². The van der Waals surface area contributed by atoms with E-state index in [9.17, 15) is 9.59 Å². The average molecular weight is 262 g/mol. The predicted octanol–water partition coefficient (Wildman–Crippen LogP) is -0.0581. The van der Waals surface area contributed by atoms with E-state index in [1.807, 2.05) is 0 Å². The summed E-state index contributed by atoms with van der Waals surface area (Å²) in [5.74, 6) is 0.417. The first-order chi connectivity index (χ1) is 8.15. The molecule has 1 saturated heterocycles. The zero-order valence-corrected chi connectivity index (χ0v) is 10.9. The molecule has 0 unspecified atom stereocenters. The molecule has 0 aromatic rings. The van der Waals surface area contributed by atoms with Crippen LogP contribution in [-0.4, -0.2) is 55.3 Å². The number of nitrogens with one attached hydrogen (secondary N) is 2. The van der Waals surface area contributed by atoms with Crippen LogP contribution in [0, 0.1) is 0 Å². The number of likely N-dealkylation sites (N-methyl/N-ethyl adjacent to an activating group) is 1. The van der Waals surface area contributed by atoms with Gasteiger partial charge in [-0.05, 0) is 12.8 Å². The Morgan fingerprint density at radius 2 is 1.94 bits per heavy atom. The highest BCUT2D eigenvalue weighted by Gasteiger charge is 2.21. The maximum atomic E-state index is 11.3. The summed E-state index contributed by atoms with van der Waals surface area (Å²) in [4.78, 5) is 24.6. The van der Waals surface area contributed by atoms with Gasteiger partial charge < -0.3 is 10.6 Å². The van der Waals surface area contributed by atoms with Crippen molar-refractivity contribution in [1.82, 2.24) is 15.5 Å². The molecule has 17 heavy (non-hydrogen) atoms. The maximum absolute atomic E-state index is 11.3. The number of nitrogens with zero attached hydrogens (tertiary/aromatic N) is 1. The largest absolute Gasteiger partial charge is 0.358 e. The molecule has 6 heteroatoms. The number of amides is 2. The SMILES string of the molecule is CNC(=O)CN1CCC(NC(=O)CCCl)CC1. The summed E-state index contributed by atoms with van der Waals surface area (Å²) < 4.78 is 0. The quantitative estimate of drug-likeness (QED) is 0.682. The highest BCUT2D eigenvalue weighted by Crippen LogP contribution is 2.10. The van der Waals surface area contributed by atoms with Gasteiger partial charge in [0, 0.05) is 38.5 Å². The number of piperidine rings is 1.